The Kier molecular flexibility index (Phi) is 7.60. The van der Waals surface area contributed by atoms with Gasteiger partial charge in [-0.2, -0.15) is 4.31 Å². The highest BCUT2D eigenvalue weighted by Gasteiger charge is 2.28. The number of benzene rings is 1. The topological polar surface area (TPSA) is 102 Å². The molecule has 0 radical (unpaired) electrons. The molecule has 1 aliphatic rings. The van der Waals surface area contributed by atoms with Crippen LogP contribution >= 0.6 is 11.6 Å². The van der Waals surface area contributed by atoms with Crippen LogP contribution in [0.1, 0.15) is 30.1 Å². The Balaban J connectivity index is 2.07. The van der Waals surface area contributed by atoms with Gasteiger partial charge in [-0.25, -0.2) is 13.2 Å². The smallest absolute Gasteiger partial charge is 0.340 e. The number of sulfonamides is 1. The average Bonchev–Trinajstić information content (AvgIpc) is 3.15. The summed E-state index contributed by atoms with van der Waals surface area (Å²) in [7, 11) is -2.18. The predicted molar refractivity (Wildman–Crippen MR) is 99.2 cm³/mol. The summed E-state index contributed by atoms with van der Waals surface area (Å²) >= 11 is 6.02. The van der Waals surface area contributed by atoms with Gasteiger partial charge >= 0.3 is 5.97 Å². The molecule has 0 spiro atoms. The molecule has 1 N–H and O–H groups in total. The molecule has 1 heterocycles. The molecule has 0 bridgehead atoms. The number of hydrogen-bond acceptors (Lipinski definition) is 6. The van der Waals surface area contributed by atoms with Crippen LogP contribution in [-0.4, -0.2) is 64.1 Å². The minimum Gasteiger partial charge on any atom is -0.452 e. The summed E-state index contributed by atoms with van der Waals surface area (Å²) in [6, 6.07) is 3.64. The van der Waals surface area contributed by atoms with Crippen molar-refractivity contribution in [3.63, 3.8) is 0 Å². The quantitative estimate of drug-likeness (QED) is 0.641. The molecule has 1 atom stereocenters. The van der Waals surface area contributed by atoms with Crippen LogP contribution < -0.4 is 5.32 Å². The fourth-order valence-electron chi connectivity index (χ4n) is 2.72. The molecule has 1 unspecified atom stereocenters. The second kappa shape index (κ2) is 9.50. The second-order valence-electron chi connectivity index (χ2n) is 6.25. The zero-order valence-corrected chi connectivity index (χ0v) is 16.8. The molecule has 8 nitrogen and oxygen atoms in total. The number of carbonyl (C=O) groups excluding carboxylic acids is 2. The van der Waals surface area contributed by atoms with E-state index in [0.29, 0.717) is 19.7 Å². The third kappa shape index (κ3) is 5.65. The van der Waals surface area contributed by atoms with Crippen LogP contribution in [0.5, 0.6) is 0 Å². The standard InChI is InChI=1S/C17H23ClN2O6S/c1-12(10-25-2)19-16(21)11-26-17(22)14-9-13(5-6-15(14)18)27(23,24)20-7-3-4-8-20/h5-6,9,12H,3-4,7-8,10-11H2,1-2H3,(H,19,21). The summed E-state index contributed by atoms with van der Waals surface area (Å²) in [6.07, 6.45) is 1.61. The van der Waals surface area contributed by atoms with Crippen molar-refractivity contribution < 1.29 is 27.5 Å². The van der Waals surface area contributed by atoms with Crippen LogP contribution in [0.15, 0.2) is 23.1 Å². The molecule has 2 rings (SSSR count). The summed E-state index contributed by atoms with van der Waals surface area (Å²) in [6.45, 7) is 2.45. The lowest BCUT2D eigenvalue weighted by Crippen LogP contribution is -2.38. The first-order chi connectivity index (χ1) is 12.8. The Morgan fingerprint density at radius 1 is 1.30 bits per heavy atom. The highest BCUT2D eigenvalue weighted by Crippen LogP contribution is 2.25. The van der Waals surface area contributed by atoms with Crippen LogP contribution in [0.25, 0.3) is 0 Å². The maximum Gasteiger partial charge on any atom is 0.340 e. The van der Waals surface area contributed by atoms with E-state index in [0.717, 1.165) is 12.8 Å². The number of ether oxygens (including phenoxy) is 2. The first-order valence-electron chi connectivity index (χ1n) is 8.51. The summed E-state index contributed by atoms with van der Waals surface area (Å²) in [4.78, 5) is 24.0. The van der Waals surface area contributed by atoms with Crippen LogP contribution in [0.3, 0.4) is 0 Å². The minimum absolute atomic E-state index is 0.0288. The van der Waals surface area contributed by atoms with Crippen molar-refractivity contribution in [1.29, 1.82) is 0 Å². The molecular formula is C17H23ClN2O6S. The highest BCUT2D eigenvalue weighted by molar-refractivity contribution is 7.89. The molecule has 1 fully saturated rings. The van der Waals surface area contributed by atoms with Gasteiger partial charge in [0.25, 0.3) is 5.91 Å². The van der Waals surface area contributed by atoms with Crippen molar-refractivity contribution in [2.45, 2.75) is 30.7 Å². The van der Waals surface area contributed by atoms with Crippen molar-refractivity contribution in [1.82, 2.24) is 9.62 Å². The van der Waals surface area contributed by atoms with Crippen molar-refractivity contribution in [3.8, 4) is 0 Å². The first kappa shape index (κ1) is 21.6. The van der Waals surface area contributed by atoms with E-state index < -0.39 is 28.5 Å². The number of nitrogens with zero attached hydrogens (tertiary/aromatic N) is 1. The Morgan fingerprint density at radius 3 is 2.59 bits per heavy atom. The van der Waals surface area contributed by atoms with E-state index in [1.54, 1.807) is 6.92 Å². The average molecular weight is 419 g/mol. The molecule has 1 aliphatic heterocycles. The predicted octanol–water partition coefficient (Wildman–Crippen LogP) is 1.43. The fraction of sp³-hybridized carbons (Fsp3) is 0.529. The lowest BCUT2D eigenvalue weighted by Gasteiger charge is -2.16. The molecule has 10 heteroatoms. The SMILES string of the molecule is COCC(C)NC(=O)COC(=O)c1cc(S(=O)(=O)N2CCCC2)ccc1Cl. The van der Waals surface area contributed by atoms with Crippen LogP contribution in [-0.2, 0) is 24.3 Å². The van der Waals surface area contributed by atoms with Gasteiger partial charge in [0.05, 0.1) is 22.1 Å². The molecule has 27 heavy (non-hydrogen) atoms. The van der Waals surface area contributed by atoms with Crippen LogP contribution in [0.2, 0.25) is 5.02 Å². The first-order valence-corrected chi connectivity index (χ1v) is 10.3. The third-order valence-corrected chi connectivity index (χ3v) is 6.24. The highest BCUT2D eigenvalue weighted by atomic mass is 35.5. The third-order valence-electron chi connectivity index (χ3n) is 4.02. The second-order valence-corrected chi connectivity index (χ2v) is 8.60. The molecule has 1 aromatic rings. The lowest BCUT2D eigenvalue weighted by atomic mass is 10.2. The van der Waals surface area contributed by atoms with Gasteiger partial charge in [-0.05, 0) is 38.0 Å². The monoisotopic (exact) mass is 418 g/mol. The van der Waals surface area contributed by atoms with Gasteiger partial charge in [0.15, 0.2) is 6.61 Å². The largest absolute Gasteiger partial charge is 0.452 e. The molecule has 0 saturated carbocycles. The molecule has 150 valence electrons. The molecule has 1 amide bonds. The van der Waals surface area contributed by atoms with E-state index in [1.165, 1.54) is 29.6 Å². The Labute approximate surface area is 163 Å². The Hall–Kier alpha value is -1.68. The summed E-state index contributed by atoms with van der Waals surface area (Å²) < 4.78 is 36.5. The van der Waals surface area contributed by atoms with Gasteiger partial charge < -0.3 is 14.8 Å². The van der Waals surface area contributed by atoms with Gasteiger partial charge in [0.2, 0.25) is 10.0 Å². The van der Waals surface area contributed by atoms with E-state index in [2.05, 4.69) is 5.32 Å². The van der Waals surface area contributed by atoms with Gasteiger partial charge in [-0.3, -0.25) is 4.79 Å². The number of amides is 1. The molecule has 1 aromatic carbocycles. The summed E-state index contributed by atoms with van der Waals surface area (Å²) in [5, 5.41) is 2.65. The molecular weight excluding hydrogens is 396 g/mol. The number of hydrogen-bond donors (Lipinski definition) is 1. The van der Waals surface area contributed by atoms with Gasteiger partial charge in [0, 0.05) is 26.2 Å². The van der Waals surface area contributed by atoms with Crippen molar-refractivity contribution in [3.05, 3.63) is 28.8 Å². The minimum atomic E-state index is -3.69. The number of nitrogens with one attached hydrogen (secondary N) is 1. The summed E-state index contributed by atoms with van der Waals surface area (Å²) in [5.41, 5.74) is -0.102. The number of rotatable bonds is 8. The molecule has 1 saturated heterocycles. The van der Waals surface area contributed by atoms with Crippen LogP contribution in [0, 0.1) is 0 Å². The van der Waals surface area contributed by atoms with Crippen molar-refractivity contribution in [2.24, 2.45) is 0 Å². The normalized spacial score (nSPS) is 16.1. The van der Waals surface area contributed by atoms with E-state index in [9.17, 15) is 18.0 Å². The van der Waals surface area contributed by atoms with Gasteiger partial charge in [-0.1, -0.05) is 11.6 Å². The maximum atomic E-state index is 12.6. The molecule has 0 aromatic heterocycles. The Morgan fingerprint density at radius 2 is 1.96 bits per heavy atom. The van der Waals surface area contributed by atoms with E-state index in [4.69, 9.17) is 21.1 Å². The van der Waals surface area contributed by atoms with E-state index in [-0.39, 0.29) is 21.5 Å². The van der Waals surface area contributed by atoms with Gasteiger partial charge in [-0.15, -0.1) is 0 Å². The number of carbonyl (C=O) groups is 2. The van der Waals surface area contributed by atoms with Gasteiger partial charge in [0.1, 0.15) is 0 Å². The zero-order valence-electron chi connectivity index (χ0n) is 15.2. The van der Waals surface area contributed by atoms with E-state index >= 15 is 0 Å². The Bertz CT molecular complexity index is 793. The number of methoxy groups -OCH3 is 1. The zero-order chi connectivity index (χ0) is 20.0. The lowest BCUT2D eigenvalue weighted by molar-refractivity contribution is -0.125. The fourth-order valence-corrected chi connectivity index (χ4v) is 4.45. The summed E-state index contributed by atoms with van der Waals surface area (Å²) in [5.74, 6) is -1.36. The molecule has 0 aliphatic carbocycles. The number of esters is 1. The van der Waals surface area contributed by atoms with Crippen molar-refractivity contribution in [2.75, 3.05) is 33.4 Å². The van der Waals surface area contributed by atoms with Crippen molar-refractivity contribution >= 4 is 33.5 Å². The number of halogens is 1. The van der Waals surface area contributed by atoms with E-state index in [1.807, 2.05) is 0 Å². The van der Waals surface area contributed by atoms with Crippen LogP contribution in [0.4, 0.5) is 0 Å². The maximum absolute atomic E-state index is 12.6.